The van der Waals surface area contributed by atoms with Gasteiger partial charge in [0.2, 0.25) is 5.95 Å². The molecule has 8 heteroatoms. The zero-order valence-electron chi connectivity index (χ0n) is 16.3. The van der Waals surface area contributed by atoms with Gasteiger partial charge in [-0.3, -0.25) is 4.79 Å². The van der Waals surface area contributed by atoms with Crippen molar-refractivity contribution in [1.29, 1.82) is 0 Å². The van der Waals surface area contributed by atoms with Gasteiger partial charge in [-0.25, -0.2) is 9.97 Å². The molecule has 150 valence electrons. The van der Waals surface area contributed by atoms with Gasteiger partial charge in [0.15, 0.2) is 5.76 Å². The molecule has 3 aromatic heterocycles. The lowest BCUT2D eigenvalue weighted by Gasteiger charge is -2.32. The molecule has 29 heavy (non-hydrogen) atoms. The smallest absolute Gasteiger partial charge is 0.263 e. The number of hydrogen-bond donors (Lipinski definition) is 1. The molecule has 1 aliphatic heterocycles. The van der Waals surface area contributed by atoms with Crippen LogP contribution in [0.1, 0.15) is 52.7 Å². The summed E-state index contributed by atoms with van der Waals surface area (Å²) in [6.45, 7) is 3.36. The largest absolute Gasteiger partial charge is 0.356 e. The number of anilines is 1. The summed E-state index contributed by atoms with van der Waals surface area (Å²) in [5.74, 6) is 1.76. The van der Waals surface area contributed by atoms with Crippen molar-refractivity contribution in [2.24, 2.45) is 0 Å². The van der Waals surface area contributed by atoms with E-state index >= 15 is 0 Å². The third-order valence-corrected chi connectivity index (χ3v) is 6.38. The van der Waals surface area contributed by atoms with Gasteiger partial charge in [0.05, 0.1) is 21.8 Å². The summed E-state index contributed by atoms with van der Waals surface area (Å²) in [6.07, 6.45) is 5.93. The van der Waals surface area contributed by atoms with Crippen LogP contribution in [0, 0.1) is 6.92 Å². The van der Waals surface area contributed by atoms with Crippen LogP contribution in [0.25, 0.3) is 11.3 Å². The Bertz CT molecular complexity index is 1000. The maximum absolute atomic E-state index is 12.7. The normalized spacial score (nSPS) is 17.5. The van der Waals surface area contributed by atoms with E-state index in [1.165, 1.54) is 24.2 Å². The van der Waals surface area contributed by atoms with Gasteiger partial charge in [-0.05, 0) is 44.1 Å². The second kappa shape index (κ2) is 7.59. The lowest BCUT2D eigenvalue weighted by molar-refractivity contribution is 0.0717. The van der Waals surface area contributed by atoms with Gasteiger partial charge >= 0.3 is 0 Å². The van der Waals surface area contributed by atoms with E-state index in [2.05, 4.69) is 15.5 Å². The van der Waals surface area contributed by atoms with Crippen molar-refractivity contribution < 1.29 is 9.32 Å². The number of rotatable bonds is 5. The van der Waals surface area contributed by atoms with Gasteiger partial charge < -0.3 is 14.7 Å². The van der Waals surface area contributed by atoms with E-state index in [0.29, 0.717) is 17.8 Å². The van der Waals surface area contributed by atoms with Gasteiger partial charge in [-0.15, -0.1) is 11.3 Å². The molecule has 2 fully saturated rings. The van der Waals surface area contributed by atoms with Gasteiger partial charge in [-0.1, -0.05) is 11.2 Å². The van der Waals surface area contributed by atoms with Crippen molar-refractivity contribution >= 4 is 23.2 Å². The van der Waals surface area contributed by atoms with Crippen molar-refractivity contribution in [2.45, 2.75) is 44.6 Å². The Morgan fingerprint density at radius 3 is 2.76 bits per heavy atom. The van der Waals surface area contributed by atoms with Crippen LogP contribution >= 0.6 is 11.3 Å². The number of amides is 1. The molecule has 0 unspecified atom stereocenters. The molecule has 3 aromatic rings. The van der Waals surface area contributed by atoms with E-state index < -0.39 is 0 Å². The third kappa shape index (κ3) is 3.89. The van der Waals surface area contributed by atoms with Crippen molar-refractivity contribution in [3.63, 3.8) is 0 Å². The predicted molar refractivity (Wildman–Crippen MR) is 111 cm³/mol. The summed E-state index contributed by atoms with van der Waals surface area (Å²) < 4.78 is 5.51. The molecule has 0 atom stereocenters. The molecule has 1 saturated carbocycles. The number of hydrogen-bond acceptors (Lipinski definition) is 7. The van der Waals surface area contributed by atoms with Crippen molar-refractivity contribution in [3.05, 3.63) is 46.0 Å². The highest BCUT2D eigenvalue weighted by molar-refractivity contribution is 7.12. The number of piperidine rings is 1. The van der Waals surface area contributed by atoms with E-state index in [4.69, 9.17) is 9.51 Å². The molecule has 2 aliphatic rings. The van der Waals surface area contributed by atoms with Crippen molar-refractivity contribution in [1.82, 2.24) is 20.0 Å². The Hall–Kier alpha value is -2.74. The Kier molecular flexibility index (Phi) is 4.79. The number of carbonyl (C=O) groups is 1. The first-order valence-corrected chi connectivity index (χ1v) is 11.0. The molecule has 1 aliphatic carbocycles. The van der Waals surface area contributed by atoms with E-state index in [0.717, 1.165) is 47.8 Å². The minimum atomic E-state index is 0.128. The summed E-state index contributed by atoms with van der Waals surface area (Å²) in [5.41, 5.74) is 2.72. The zero-order valence-corrected chi connectivity index (χ0v) is 17.1. The van der Waals surface area contributed by atoms with Crippen LogP contribution < -0.4 is 5.32 Å². The minimum Gasteiger partial charge on any atom is -0.356 e. The average Bonchev–Trinajstić information content (AvgIpc) is 3.20. The Morgan fingerprint density at radius 2 is 2.10 bits per heavy atom. The number of aryl methyl sites for hydroxylation is 1. The molecule has 4 heterocycles. The van der Waals surface area contributed by atoms with Crippen LogP contribution in [0.15, 0.2) is 34.3 Å². The second-order valence-electron chi connectivity index (χ2n) is 7.79. The van der Waals surface area contributed by atoms with Crippen molar-refractivity contribution in [3.8, 4) is 11.3 Å². The monoisotopic (exact) mass is 409 g/mol. The summed E-state index contributed by atoms with van der Waals surface area (Å²) in [4.78, 5) is 24.8. The lowest BCUT2D eigenvalue weighted by atomic mass is 9.90. The third-order valence-electron chi connectivity index (χ3n) is 5.52. The summed E-state index contributed by atoms with van der Waals surface area (Å²) in [6, 6.07) is 6.23. The fourth-order valence-corrected chi connectivity index (χ4v) is 4.47. The molecule has 7 nitrogen and oxygen atoms in total. The summed E-state index contributed by atoms with van der Waals surface area (Å²) in [7, 11) is 0. The second-order valence-corrected chi connectivity index (χ2v) is 8.74. The van der Waals surface area contributed by atoms with Crippen LogP contribution in [-0.4, -0.2) is 45.1 Å². The average molecular weight is 410 g/mol. The Balaban J connectivity index is 1.38. The number of aromatic nitrogens is 3. The molecule has 1 amide bonds. The highest BCUT2D eigenvalue weighted by Gasteiger charge is 2.29. The first-order chi connectivity index (χ1) is 14.2. The summed E-state index contributed by atoms with van der Waals surface area (Å²) >= 11 is 1.50. The van der Waals surface area contributed by atoms with Crippen LogP contribution in [0.3, 0.4) is 0 Å². The number of carbonyl (C=O) groups excluding carboxylic acids is 1. The Morgan fingerprint density at radius 1 is 1.28 bits per heavy atom. The number of thiophene rings is 1. The maximum Gasteiger partial charge on any atom is 0.263 e. The number of nitrogens with zero attached hydrogens (tertiary/aromatic N) is 4. The van der Waals surface area contributed by atoms with E-state index in [9.17, 15) is 4.79 Å². The van der Waals surface area contributed by atoms with Gasteiger partial charge in [0.25, 0.3) is 5.91 Å². The number of likely N-dealkylation sites (tertiary alicyclic amines) is 1. The van der Waals surface area contributed by atoms with Crippen LogP contribution in [0.5, 0.6) is 0 Å². The predicted octanol–water partition coefficient (Wildman–Crippen LogP) is 4.10. The Labute approximate surface area is 173 Å². The fraction of sp³-hybridized carbons (Fsp3) is 0.429. The molecule has 0 radical (unpaired) electrons. The topological polar surface area (TPSA) is 84.2 Å². The SMILES string of the molecule is Cc1cc(-c2cnc(NC3CC3)nc2C2CCN(C(=O)c3cccs3)CC2)on1. The maximum atomic E-state index is 12.7. The molecule has 0 bridgehead atoms. The molecule has 5 rings (SSSR count). The minimum absolute atomic E-state index is 0.128. The van der Waals surface area contributed by atoms with Crippen LogP contribution in [0.4, 0.5) is 5.95 Å². The highest BCUT2D eigenvalue weighted by Crippen LogP contribution is 2.35. The molecule has 1 N–H and O–H groups in total. The first-order valence-electron chi connectivity index (χ1n) is 10.1. The van der Waals surface area contributed by atoms with Crippen LogP contribution in [0.2, 0.25) is 0 Å². The number of nitrogens with one attached hydrogen (secondary N) is 1. The quantitative estimate of drug-likeness (QED) is 0.683. The lowest BCUT2D eigenvalue weighted by Crippen LogP contribution is -2.37. The van der Waals surface area contributed by atoms with Crippen molar-refractivity contribution in [2.75, 3.05) is 18.4 Å². The molecular formula is C21H23N5O2S. The van der Waals surface area contributed by atoms with Gasteiger partial charge in [-0.2, -0.15) is 0 Å². The zero-order chi connectivity index (χ0) is 19.8. The van der Waals surface area contributed by atoms with Gasteiger partial charge in [0.1, 0.15) is 0 Å². The molecule has 0 aromatic carbocycles. The van der Waals surface area contributed by atoms with E-state index in [1.54, 1.807) is 0 Å². The summed E-state index contributed by atoms with van der Waals surface area (Å²) in [5, 5.41) is 9.36. The molecule has 0 spiro atoms. The van der Waals surface area contributed by atoms with Crippen LogP contribution in [-0.2, 0) is 0 Å². The van der Waals surface area contributed by atoms with E-state index in [-0.39, 0.29) is 11.8 Å². The fourth-order valence-electron chi connectivity index (χ4n) is 3.78. The highest BCUT2D eigenvalue weighted by atomic mass is 32.1. The molecule has 1 saturated heterocycles. The van der Waals surface area contributed by atoms with E-state index in [1.807, 2.05) is 41.6 Å². The molecular weight excluding hydrogens is 386 g/mol. The standard InChI is InChI=1S/C21H23N5O2S/c1-13-11-17(28-25-13)16-12-22-21(23-15-4-5-15)24-19(16)14-6-8-26(9-7-14)20(27)18-3-2-10-29-18/h2-3,10-12,14-15H,4-9H2,1H3,(H,22,23,24). The van der Waals surface area contributed by atoms with Gasteiger partial charge in [0, 0.05) is 37.3 Å². The first kappa shape index (κ1) is 18.3.